The van der Waals surface area contributed by atoms with Crippen LogP contribution >= 0.6 is 11.6 Å². The van der Waals surface area contributed by atoms with Crippen molar-refractivity contribution < 1.29 is 19.4 Å². The van der Waals surface area contributed by atoms with E-state index < -0.39 is 5.91 Å². The molecule has 1 aromatic heterocycles. The quantitative estimate of drug-likeness (QED) is 0.496. The Hall–Kier alpha value is -2.80. The summed E-state index contributed by atoms with van der Waals surface area (Å²) < 4.78 is 10.1. The number of hydrogen-bond donors (Lipinski definition) is 2. The Bertz CT molecular complexity index is 724. The molecule has 0 saturated heterocycles. The summed E-state index contributed by atoms with van der Waals surface area (Å²) in [6, 6.07) is 6.22. The maximum atomic E-state index is 11.9. The second-order valence-electron chi connectivity index (χ2n) is 4.31. The number of pyridine rings is 1. The Morgan fingerprint density at radius 1 is 1.35 bits per heavy atom. The zero-order chi connectivity index (χ0) is 16.8. The van der Waals surface area contributed by atoms with Gasteiger partial charge in [0.2, 0.25) is 5.75 Å². The SMILES string of the molecule is COc1cc(C=NNC(=O)c2cccnc2Cl)cc(OC)c1O. The third-order valence-electron chi connectivity index (χ3n) is 2.89. The number of nitrogens with zero attached hydrogens (tertiary/aromatic N) is 2. The first-order valence-electron chi connectivity index (χ1n) is 6.45. The van der Waals surface area contributed by atoms with E-state index in [1.807, 2.05) is 0 Å². The lowest BCUT2D eigenvalue weighted by Gasteiger charge is -2.09. The number of phenols is 1. The van der Waals surface area contributed by atoms with Gasteiger partial charge in [-0.15, -0.1) is 0 Å². The topological polar surface area (TPSA) is 93.0 Å². The Balaban J connectivity index is 2.15. The molecule has 1 heterocycles. The Morgan fingerprint density at radius 2 is 2.00 bits per heavy atom. The Kier molecular flexibility index (Phi) is 5.37. The molecule has 0 atom stereocenters. The van der Waals surface area contributed by atoms with Gasteiger partial charge in [-0.3, -0.25) is 4.79 Å². The number of amides is 1. The molecule has 1 aromatic carbocycles. The minimum Gasteiger partial charge on any atom is -0.502 e. The van der Waals surface area contributed by atoms with Gasteiger partial charge in [0.1, 0.15) is 5.15 Å². The molecule has 2 N–H and O–H groups in total. The van der Waals surface area contributed by atoms with Crippen LogP contribution in [-0.2, 0) is 0 Å². The van der Waals surface area contributed by atoms with Crippen molar-refractivity contribution in [1.29, 1.82) is 0 Å². The Morgan fingerprint density at radius 3 is 2.57 bits per heavy atom. The Labute approximate surface area is 137 Å². The maximum Gasteiger partial charge on any atom is 0.274 e. The van der Waals surface area contributed by atoms with Crippen molar-refractivity contribution in [1.82, 2.24) is 10.4 Å². The number of ether oxygens (including phenoxy) is 2. The molecule has 8 heteroatoms. The van der Waals surface area contributed by atoms with Crippen LogP contribution in [0.4, 0.5) is 0 Å². The highest BCUT2D eigenvalue weighted by Crippen LogP contribution is 2.36. The largest absolute Gasteiger partial charge is 0.502 e. The smallest absolute Gasteiger partial charge is 0.274 e. The summed E-state index contributed by atoms with van der Waals surface area (Å²) >= 11 is 5.83. The first-order chi connectivity index (χ1) is 11.1. The molecule has 0 spiro atoms. The highest BCUT2D eigenvalue weighted by molar-refractivity contribution is 6.32. The molecule has 0 bridgehead atoms. The number of halogens is 1. The number of phenolic OH excluding ortho intramolecular Hbond substituents is 1. The zero-order valence-corrected chi connectivity index (χ0v) is 13.2. The lowest BCUT2D eigenvalue weighted by Crippen LogP contribution is -2.18. The summed E-state index contributed by atoms with van der Waals surface area (Å²) in [5.74, 6) is -0.143. The molecule has 0 aliphatic rings. The van der Waals surface area contributed by atoms with E-state index in [2.05, 4.69) is 15.5 Å². The first-order valence-corrected chi connectivity index (χ1v) is 6.83. The standard InChI is InChI=1S/C15H14ClN3O4/c1-22-11-6-9(7-12(23-2)13(11)20)8-18-19-15(21)10-4-3-5-17-14(10)16/h3-8,20H,1-2H3,(H,19,21). The molecular formula is C15H14ClN3O4. The number of carbonyl (C=O) groups is 1. The van der Waals surface area contributed by atoms with Gasteiger partial charge in [-0.05, 0) is 24.3 Å². The van der Waals surface area contributed by atoms with E-state index >= 15 is 0 Å². The number of carbonyl (C=O) groups excluding carboxylic acids is 1. The van der Waals surface area contributed by atoms with E-state index in [0.717, 1.165) is 0 Å². The summed E-state index contributed by atoms with van der Waals surface area (Å²) in [7, 11) is 2.84. The normalized spacial score (nSPS) is 10.6. The molecule has 7 nitrogen and oxygen atoms in total. The molecule has 2 aromatic rings. The van der Waals surface area contributed by atoms with Crippen molar-refractivity contribution in [2.75, 3.05) is 14.2 Å². The fraction of sp³-hybridized carbons (Fsp3) is 0.133. The van der Waals surface area contributed by atoms with Gasteiger partial charge >= 0.3 is 0 Å². The highest BCUT2D eigenvalue weighted by Gasteiger charge is 2.11. The van der Waals surface area contributed by atoms with Gasteiger partial charge < -0.3 is 14.6 Å². The van der Waals surface area contributed by atoms with E-state index in [1.165, 1.54) is 32.7 Å². The van der Waals surface area contributed by atoms with Crippen LogP contribution in [0.2, 0.25) is 5.15 Å². The molecule has 0 radical (unpaired) electrons. The minimum absolute atomic E-state index is 0.0909. The van der Waals surface area contributed by atoms with Crippen LogP contribution in [0.3, 0.4) is 0 Å². The lowest BCUT2D eigenvalue weighted by molar-refractivity contribution is 0.0955. The van der Waals surface area contributed by atoms with Crippen molar-refractivity contribution in [3.05, 3.63) is 46.7 Å². The average Bonchev–Trinajstić information content (AvgIpc) is 2.56. The molecule has 0 aliphatic carbocycles. The molecule has 1 amide bonds. The summed E-state index contributed by atoms with van der Waals surface area (Å²) in [5, 5.41) is 13.7. The summed E-state index contributed by atoms with van der Waals surface area (Å²) in [6.07, 6.45) is 2.87. The van der Waals surface area contributed by atoms with Gasteiger partial charge in [0.05, 0.1) is 26.0 Å². The second-order valence-corrected chi connectivity index (χ2v) is 4.67. The van der Waals surface area contributed by atoms with Crippen LogP contribution in [-0.4, -0.2) is 36.4 Å². The van der Waals surface area contributed by atoms with Crippen LogP contribution in [0.1, 0.15) is 15.9 Å². The summed E-state index contributed by atoms with van der Waals surface area (Å²) in [5.41, 5.74) is 3.12. The number of rotatable bonds is 5. The lowest BCUT2D eigenvalue weighted by atomic mass is 10.2. The molecule has 0 unspecified atom stereocenters. The molecule has 23 heavy (non-hydrogen) atoms. The number of nitrogens with one attached hydrogen (secondary N) is 1. The fourth-order valence-corrected chi connectivity index (χ4v) is 1.97. The zero-order valence-electron chi connectivity index (χ0n) is 12.4. The van der Waals surface area contributed by atoms with Gasteiger partial charge in [-0.25, -0.2) is 10.4 Å². The number of aromatic hydroxyl groups is 1. The van der Waals surface area contributed by atoms with Gasteiger partial charge in [-0.2, -0.15) is 5.10 Å². The van der Waals surface area contributed by atoms with E-state index in [0.29, 0.717) is 5.56 Å². The maximum absolute atomic E-state index is 11.9. The number of methoxy groups -OCH3 is 2. The van der Waals surface area contributed by atoms with Crippen molar-refractivity contribution in [3.8, 4) is 17.2 Å². The molecule has 0 aliphatic heterocycles. The van der Waals surface area contributed by atoms with Crippen molar-refractivity contribution in [2.24, 2.45) is 5.10 Å². The van der Waals surface area contributed by atoms with Crippen LogP contribution in [0.15, 0.2) is 35.6 Å². The predicted octanol–water partition coefficient (Wildman–Crippen LogP) is 2.22. The number of aromatic nitrogens is 1. The van der Waals surface area contributed by atoms with Crippen LogP contribution in [0, 0.1) is 0 Å². The summed E-state index contributed by atoms with van der Waals surface area (Å²) in [6.45, 7) is 0. The van der Waals surface area contributed by atoms with Gasteiger partial charge in [-0.1, -0.05) is 11.6 Å². The molecule has 2 rings (SSSR count). The molecular weight excluding hydrogens is 322 g/mol. The van der Waals surface area contributed by atoms with Gasteiger partial charge in [0.25, 0.3) is 5.91 Å². The second kappa shape index (κ2) is 7.46. The van der Waals surface area contributed by atoms with E-state index in [-0.39, 0.29) is 28.0 Å². The third-order valence-corrected chi connectivity index (χ3v) is 3.19. The van der Waals surface area contributed by atoms with E-state index in [4.69, 9.17) is 21.1 Å². The average molecular weight is 336 g/mol. The fourth-order valence-electron chi connectivity index (χ4n) is 1.77. The summed E-state index contributed by atoms with van der Waals surface area (Å²) in [4.78, 5) is 15.7. The van der Waals surface area contributed by atoms with Crippen molar-refractivity contribution in [2.45, 2.75) is 0 Å². The van der Waals surface area contributed by atoms with Crippen molar-refractivity contribution in [3.63, 3.8) is 0 Å². The number of hydrogen-bond acceptors (Lipinski definition) is 6. The monoisotopic (exact) mass is 335 g/mol. The van der Waals surface area contributed by atoms with Gasteiger partial charge in [0.15, 0.2) is 11.5 Å². The number of benzene rings is 1. The molecule has 0 saturated carbocycles. The van der Waals surface area contributed by atoms with E-state index in [9.17, 15) is 9.90 Å². The van der Waals surface area contributed by atoms with Crippen LogP contribution < -0.4 is 14.9 Å². The first kappa shape index (κ1) is 16.6. The number of hydrazone groups is 1. The predicted molar refractivity (Wildman–Crippen MR) is 85.5 cm³/mol. The minimum atomic E-state index is -0.489. The van der Waals surface area contributed by atoms with Crippen LogP contribution in [0.25, 0.3) is 0 Å². The van der Waals surface area contributed by atoms with Crippen molar-refractivity contribution >= 4 is 23.7 Å². The van der Waals surface area contributed by atoms with E-state index in [1.54, 1.807) is 18.2 Å². The van der Waals surface area contributed by atoms with Crippen LogP contribution in [0.5, 0.6) is 17.2 Å². The highest BCUT2D eigenvalue weighted by atomic mass is 35.5. The molecule has 0 fully saturated rings. The third kappa shape index (κ3) is 3.89. The van der Waals surface area contributed by atoms with Gasteiger partial charge in [0, 0.05) is 11.8 Å². The molecule has 120 valence electrons.